The van der Waals surface area contributed by atoms with Crippen molar-refractivity contribution in [1.29, 1.82) is 0 Å². The molecule has 2 aromatic carbocycles. The summed E-state index contributed by atoms with van der Waals surface area (Å²) in [4.78, 5) is 0. The molecule has 0 aliphatic carbocycles. The molecule has 0 saturated carbocycles. The van der Waals surface area contributed by atoms with Crippen LogP contribution in [0.3, 0.4) is 0 Å². The van der Waals surface area contributed by atoms with Gasteiger partial charge >= 0.3 is 31.2 Å². The van der Waals surface area contributed by atoms with E-state index in [0.29, 0.717) is 12.1 Å². The second kappa shape index (κ2) is 8.90. The van der Waals surface area contributed by atoms with Crippen LogP contribution in [0.15, 0.2) is 36.3 Å². The summed E-state index contributed by atoms with van der Waals surface area (Å²) in [5.74, 6) is -10.0. The quantitative estimate of drug-likeness (QED) is 0.212. The molecule has 0 nitrogen and oxygen atoms in total. The zero-order valence-corrected chi connectivity index (χ0v) is 15.8. The average Bonchev–Trinajstić information content (AvgIpc) is 2.70. The standard InChI is InChI=1S/C19H7BF11.Li/c21-13-12(14(22)16(24)17(25)15(13)23)8-1-3-20(4-2-8)11-6-9(18(26,27)28)5-10(7-11)19(29,30)31;/h1-7H;/q-1;+1. The summed E-state index contributed by atoms with van der Waals surface area (Å²) in [7, 11) is 0. The average molecular weight is 462 g/mol. The van der Waals surface area contributed by atoms with Crippen molar-refractivity contribution in [2.24, 2.45) is 0 Å². The van der Waals surface area contributed by atoms with Gasteiger partial charge in [-0.1, -0.05) is 17.6 Å². The zero-order chi connectivity index (χ0) is 23.3. The van der Waals surface area contributed by atoms with E-state index in [1.54, 1.807) is 0 Å². The second-order valence-corrected chi connectivity index (χ2v) is 6.48. The van der Waals surface area contributed by atoms with Crippen molar-refractivity contribution in [2.45, 2.75) is 12.4 Å². The molecule has 0 saturated heterocycles. The van der Waals surface area contributed by atoms with Gasteiger partial charge in [-0.2, -0.15) is 38.0 Å². The van der Waals surface area contributed by atoms with E-state index in [1.165, 1.54) is 0 Å². The predicted octanol–water partition coefficient (Wildman–Crippen LogP) is 3.06. The number of alkyl halides is 6. The van der Waals surface area contributed by atoms with Crippen molar-refractivity contribution in [3.63, 3.8) is 0 Å². The van der Waals surface area contributed by atoms with E-state index < -0.39 is 75.9 Å². The monoisotopic (exact) mass is 462 g/mol. The normalized spacial score (nSPS) is 14.1. The van der Waals surface area contributed by atoms with Gasteiger partial charge in [0.1, 0.15) is 6.71 Å². The number of allylic oxidation sites excluding steroid dienone is 3. The van der Waals surface area contributed by atoms with E-state index in [2.05, 4.69) is 0 Å². The minimum absolute atomic E-state index is 0. The van der Waals surface area contributed by atoms with Crippen LogP contribution >= 0.6 is 0 Å². The molecule has 1 heterocycles. The van der Waals surface area contributed by atoms with E-state index in [1.807, 2.05) is 0 Å². The smallest absolute Gasteiger partial charge is 0.243 e. The molecule has 1 aliphatic heterocycles. The van der Waals surface area contributed by atoms with Crippen LogP contribution in [0.2, 0.25) is 0 Å². The van der Waals surface area contributed by atoms with Gasteiger partial charge in [0, 0.05) is 0 Å². The van der Waals surface area contributed by atoms with Crippen molar-refractivity contribution in [1.82, 2.24) is 0 Å². The summed E-state index contributed by atoms with van der Waals surface area (Å²) in [5.41, 5.74) is -5.34. The third-order valence-corrected chi connectivity index (χ3v) is 4.46. The minimum Gasteiger partial charge on any atom is -0.243 e. The summed E-state index contributed by atoms with van der Waals surface area (Å²) in [6.07, 6.45) is -7.49. The summed E-state index contributed by atoms with van der Waals surface area (Å²) >= 11 is 0. The molecule has 2 aromatic rings. The number of hydrogen-bond donors (Lipinski definition) is 0. The second-order valence-electron chi connectivity index (χ2n) is 6.48. The number of rotatable bonds is 2. The predicted molar refractivity (Wildman–Crippen MR) is 89.5 cm³/mol. The first-order valence-electron chi connectivity index (χ1n) is 8.26. The largest absolute Gasteiger partial charge is 1.00 e. The molecule has 0 N–H and O–H groups in total. The fourth-order valence-corrected chi connectivity index (χ4v) is 2.95. The molecule has 0 radical (unpaired) electrons. The van der Waals surface area contributed by atoms with Gasteiger partial charge in [-0.3, -0.25) is 0 Å². The number of hydrogen-bond acceptors (Lipinski definition) is 0. The Morgan fingerprint density at radius 1 is 0.656 bits per heavy atom. The molecular weight excluding hydrogens is 455 g/mol. The third kappa shape index (κ3) is 4.86. The molecule has 0 unspecified atom stereocenters. The van der Waals surface area contributed by atoms with Crippen molar-refractivity contribution in [2.75, 3.05) is 0 Å². The topological polar surface area (TPSA) is 0 Å². The van der Waals surface area contributed by atoms with Crippen LogP contribution in [0.1, 0.15) is 16.7 Å². The van der Waals surface area contributed by atoms with E-state index in [4.69, 9.17) is 0 Å². The van der Waals surface area contributed by atoms with Crippen LogP contribution in [0.25, 0.3) is 5.57 Å². The van der Waals surface area contributed by atoms with Crippen molar-refractivity contribution >= 4 is 17.7 Å². The molecule has 3 rings (SSSR count). The van der Waals surface area contributed by atoms with E-state index >= 15 is 0 Å². The molecule has 0 amide bonds. The number of halogens is 11. The first kappa shape index (κ1) is 25.9. The molecule has 1 aliphatic rings. The Morgan fingerprint density at radius 3 is 1.47 bits per heavy atom. The maximum atomic E-state index is 13.9. The molecule has 164 valence electrons. The molecular formula is C19H7BF11Li. The maximum absolute atomic E-state index is 13.9. The molecule has 0 atom stereocenters. The van der Waals surface area contributed by atoms with Gasteiger partial charge in [-0.25, -0.2) is 34.3 Å². The van der Waals surface area contributed by atoms with Crippen LogP contribution in [0.5, 0.6) is 0 Å². The van der Waals surface area contributed by atoms with Gasteiger partial charge in [0.2, 0.25) is 0 Å². The SMILES string of the molecule is Fc1c(F)c(F)c(C2=C[CH-]B(c3cc(C(F)(F)F)cc(C(F)(F)F)c3)C=C2)c(F)c1F.[Li+]. The summed E-state index contributed by atoms with van der Waals surface area (Å²) in [5, 5.41) is 0. The molecule has 32 heavy (non-hydrogen) atoms. The van der Waals surface area contributed by atoms with Gasteiger partial charge < -0.3 is 0 Å². The van der Waals surface area contributed by atoms with Crippen LogP contribution in [-0.4, -0.2) is 6.71 Å². The summed E-state index contributed by atoms with van der Waals surface area (Å²) in [6, 6.07) is 0.877. The van der Waals surface area contributed by atoms with Crippen molar-refractivity contribution in [3.8, 4) is 0 Å². The molecule has 0 bridgehead atoms. The van der Waals surface area contributed by atoms with Gasteiger partial charge in [-0.15, -0.1) is 5.98 Å². The van der Waals surface area contributed by atoms with E-state index in [9.17, 15) is 48.3 Å². The van der Waals surface area contributed by atoms with Gasteiger partial charge in [0.15, 0.2) is 29.1 Å². The minimum atomic E-state index is -5.08. The molecule has 13 heteroatoms. The molecule has 0 fully saturated rings. The van der Waals surface area contributed by atoms with Gasteiger partial charge in [-0.05, 0) is 11.6 Å². The summed E-state index contributed by atoms with van der Waals surface area (Å²) < 4.78 is 146. The Kier molecular flexibility index (Phi) is 7.22. The Bertz CT molecular complexity index is 1040. The Balaban J connectivity index is 0.00000363. The summed E-state index contributed by atoms with van der Waals surface area (Å²) in [6.45, 7) is -1.19. The van der Waals surface area contributed by atoms with Crippen molar-refractivity contribution in [3.05, 3.63) is 88.4 Å². The van der Waals surface area contributed by atoms with E-state index in [-0.39, 0.29) is 24.9 Å². The molecule has 0 aromatic heterocycles. The van der Waals surface area contributed by atoms with Crippen molar-refractivity contribution < 1.29 is 67.2 Å². The zero-order valence-electron chi connectivity index (χ0n) is 15.8. The van der Waals surface area contributed by atoms with Crippen LogP contribution in [0, 0.1) is 35.4 Å². The van der Waals surface area contributed by atoms with Crippen LogP contribution in [0.4, 0.5) is 48.3 Å². The van der Waals surface area contributed by atoms with Crippen LogP contribution < -0.4 is 24.3 Å². The first-order valence-corrected chi connectivity index (χ1v) is 8.26. The van der Waals surface area contributed by atoms with Gasteiger partial charge in [0.25, 0.3) is 0 Å². The van der Waals surface area contributed by atoms with E-state index in [0.717, 1.165) is 24.4 Å². The Labute approximate surface area is 186 Å². The Morgan fingerprint density at radius 2 is 1.09 bits per heavy atom. The molecule has 0 spiro atoms. The fourth-order valence-electron chi connectivity index (χ4n) is 2.95. The van der Waals surface area contributed by atoms with Crippen LogP contribution in [-0.2, 0) is 12.4 Å². The fraction of sp³-hybridized carbons (Fsp3) is 0.105. The maximum Gasteiger partial charge on any atom is 1.00 e. The Hall–Kier alpha value is -2.32. The number of benzene rings is 2. The van der Waals surface area contributed by atoms with Gasteiger partial charge in [0.05, 0.1) is 11.1 Å². The third-order valence-electron chi connectivity index (χ3n) is 4.46. The first-order chi connectivity index (χ1) is 14.2.